The monoisotopic (exact) mass is 184 g/mol. The van der Waals surface area contributed by atoms with Gasteiger partial charge in [-0.1, -0.05) is 0 Å². The molecule has 7 heteroatoms. The number of carbonyl (C=O) groups excluding carboxylic acids is 1. The summed E-state index contributed by atoms with van der Waals surface area (Å²) in [6, 6.07) is 2.28. The molecule has 0 aliphatic heterocycles. The molecule has 13 heavy (non-hydrogen) atoms. The maximum atomic E-state index is 10.2. The fourth-order valence-electron chi connectivity index (χ4n) is 0.642. The van der Waals surface area contributed by atoms with E-state index in [2.05, 4.69) is 5.10 Å². The third-order valence-electron chi connectivity index (χ3n) is 1.10. The number of nitrogens with zero attached hydrogens (tertiary/aromatic N) is 1. The Morgan fingerprint density at radius 2 is 2.46 bits per heavy atom. The molecule has 0 fully saturated rings. The summed E-state index contributed by atoms with van der Waals surface area (Å²) < 4.78 is 4.91. The molecule has 0 atom stereocenters. The molecule has 1 heterocycles. The number of furan rings is 1. The molecule has 0 radical (unpaired) electrons. The minimum absolute atomic E-state index is 0.181. The highest BCUT2D eigenvalue weighted by Gasteiger charge is 1.96. The van der Waals surface area contributed by atoms with Crippen molar-refractivity contribution < 1.29 is 14.4 Å². The van der Waals surface area contributed by atoms with Crippen LogP contribution < -0.4 is 16.6 Å². The van der Waals surface area contributed by atoms with Crippen LogP contribution in [0.4, 0.5) is 10.7 Å². The van der Waals surface area contributed by atoms with E-state index in [9.17, 15) is 4.79 Å². The van der Waals surface area contributed by atoms with E-state index in [1.165, 1.54) is 12.3 Å². The molecule has 5 N–H and O–H groups in total. The van der Waals surface area contributed by atoms with Gasteiger partial charge in [0.2, 0.25) is 5.88 Å². The lowest BCUT2D eigenvalue weighted by atomic mass is 10.5. The van der Waals surface area contributed by atoms with E-state index in [0.717, 1.165) is 0 Å². The molecule has 7 nitrogen and oxygen atoms in total. The Morgan fingerprint density at radius 1 is 1.69 bits per heavy atom. The number of urea groups is 1. The highest BCUT2D eigenvalue weighted by atomic mass is 16.5. The molecular weight excluding hydrogens is 176 g/mol. The van der Waals surface area contributed by atoms with Crippen LogP contribution >= 0.6 is 0 Å². The zero-order valence-electron chi connectivity index (χ0n) is 6.52. The molecule has 2 amide bonds. The average molecular weight is 184 g/mol. The summed E-state index contributed by atoms with van der Waals surface area (Å²) in [5, 5.41) is 11.8. The van der Waals surface area contributed by atoms with Gasteiger partial charge < -0.3 is 10.2 Å². The van der Waals surface area contributed by atoms with Crippen LogP contribution in [-0.4, -0.2) is 17.5 Å². The molecule has 0 aromatic carbocycles. The molecular formula is C6H8N4O3. The zero-order chi connectivity index (χ0) is 9.68. The fraction of sp³-hybridized carbons (Fsp3) is 0. The number of primary amides is 1. The van der Waals surface area contributed by atoms with Crippen LogP contribution in [0.25, 0.3) is 0 Å². The number of hydrogen-bond donors (Lipinski definition) is 4. The van der Waals surface area contributed by atoms with E-state index in [1.54, 1.807) is 11.5 Å². The molecule has 0 saturated carbocycles. The Balaban J connectivity index is 2.53. The van der Waals surface area contributed by atoms with Crippen molar-refractivity contribution in [2.24, 2.45) is 10.8 Å². The molecule has 0 aliphatic carbocycles. The number of hydrazone groups is 1. The maximum absolute atomic E-state index is 10.2. The van der Waals surface area contributed by atoms with Crippen molar-refractivity contribution in [3.05, 3.63) is 17.9 Å². The highest BCUT2D eigenvalue weighted by Crippen LogP contribution is 2.09. The summed E-state index contributed by atoms with van der Waals surface area (Å²) in [6.07, 6.45) is 1.24. The van der Waals surface area contributed by atoms with E-state index in [4.69, 9.17) is 15.4 Å². The number of rotatable bonds is 3. The normalized spacial score (nSPS) is 10.2. The average Bonchev–Trinajstić information content (AvgIpc) is 2.52. The van der Waals surface area contributed by atoms with Gasteiger partial charge >= 0.3 is 6.03 Å². The predicted octanol–water partition coefficient (Wildman–Crippen LogP) is 0.0829. The Bertz CT molecular complexity index is 319. The van der Waals surface area contributed by atoms with Crippen molar-refractivity contribution in [2.75, 3.05) is 5.48 Å². The lowest BCUT2D eigenvalue weighted by Crippen LogP contribution is -2.24. The Hall–Kier alpha value is -2.02. The van der Waals surface area contributed by atoms with Gasteiger partial charge in [-0.3, -0.25) is 5.21 Å². The second-order valence-electron chi connectivity index (χ2n) is 2.05. The SMILES string of the molecule is NC(=O)N/N=C/c1ccc(NO)o1. The van der Waals surface area contributed by atoms with Crippen LogP contribution in [0.15, 0.2) is 21.7 Å². The fourth-order valence-corrected chi connectivity index (χ4v) is 0.642. The van der Waals surface area contributed by atoms with Crippen molar-refractivity contribution >= 4 is 18.1 Å². The van der Waals surface area contributed by atoms with Gasteiger partial charge in [-0.25, -0.2) is 15.7 Å². The highest BCUT2D eigenvalue weighted by molar-refractivity contribution is 5.79. The van der Waals surface area contributed by atoms with Crippen molar-refractivity contribution in [3.63, 3.8) is 0 Å². The number of nitrogens with one attached hydrogen (secondary N) is 2. The second kappa shape index (κ2) is 4.12. The summed E-state index contributed by atoms with van der Waals surface area (Å²) >= 11 is 0. The third-order valence-corrected chi connectivity index (χ3v) is 1.10. The van der Waals surface area contributed by atoms with Gasteiger partial charge in [0, 0.05) is 6.07 Å². The summed E-state index contributed by atoms with van der Waals surface area (Å²) in [5.74, 6) is 0.547. The van der Waals surface area contributed by atoms with Crippen molar-refractivity contribution in [1.82, 2.24) is 5.43 Å². The van der Waals surface area contributed by atoms with E-state index in [1.807, 2.05) is 5.43 Å². The number of nitrogens with two attached hydrogens (primary N) is 1. The smallest absolute Gasteiger partial charge is 0.332 e. The molecule has 0 spiro atoms. The molecule has 0 unspecified atom stereocenters. The lowest BCUT2D eigenvalue weighted by molar-refractivity contribution is 0.249. The van der Waals surface area contributed by atoms with Gasteiger partial charge in [0.05, 0.1) is 6.21 Å². The summed E-state index contributed by atoms with van der Waals surface area (Å²) in [4.78, 5) is 10.2. The first kappa shape index (κ1) is 9.07. The lowest BCUT2D eigenvalue weighted by Gasteiger charge is -1.90. The number of amides is 2. The van der Waals surface area contributed by atoms with Crippen LogP contribution in [-0.2, 0) is 0 Å². The molecule has 0 aliphatic rings. The van der Waals surface area contributed by atoms with E-state index in [-0.39, 0.29) is 5.88 Å². The van der Waals surface area contributed by atoms with Gasteiger partial charge in [-0.05, 0) is 6.07 Å². The first-order valence-corrected chi connectivity index (χ1v) is 3.31. The zero-order valence-corrected chi connectivity index (χ0v) is 6.52. The summed E-state index contributed by atoms with van der Waals surface area (Å²) in [5.41, 5.74) is 8.53. The summed E-state index contributed by atoms with van der Waals surface area (Å²) in [7, 11) is 0. The minimum Gasteiger partial charge on any atom is -0.438 e. The largest absolute Gasteiger partial charge is 0.438 e. The Labute approximate surface area is 73.2 Å². The van der Waals surface area contributed by atoms with Crippen molar-refractivity contribution in [2.45, 2.75) is 0 Å². The predicted molar refractivity (Wildman–Crippen MR) is 44.4 cm³/mol. The van der Waals surface area contributed by atoms with Crippen LogP contribution in [0, 0.1) is 0 Å². The molecule has 70 valence electrons. The Morgan fingerprint density at radius 3 is 3.00 bits per heavy atom. The van der Waals surface area contributed by atoms with E-state index < -0.39 is 6.03 Å². The maximum Gasteiger partial charge on any atom is 0.332 e. The van der Waals surface area contributed by atoms with E-state index >= 15 is 0 Å². The molecule has 0 bridgehead atoms. The van der Waals surface area contributed by atoms with Gasteiger partial charge in [0.15, 0.2) is 0 Å². The third kappa shape index (κ3) is 2.83. The molecule has 1 aromatic rings. The van der Waals surface area contributed by atoms with Gasteiger partial charge in [0.1, 0.15) is 5.76 Å². The summed E-state index contributed by atoms with van der Waals surface area (Å²) in [6.45, 7) is 0. The number of carbonyl (C=O) groups is 1. The topological polar surface area (TPSA) is 113 Å². The van der Waals surface area contributed by atoms with Crippen LogP contribution in [0.3, 0.4) is 0 Å². The van der Waals surface area contributed by atoms with Crippen LogP contribution in [0.2, 0.25) is 0 Å². The molecule has 0 saturated heterocycles. The van der Waals surface area contributed by atoms with Crippen molar-refractivity contribution in [1.29, 1.82) is 0 Å². The first-order chi connectivity index (χ1) is 6.22. The van der Waals surface area contributed by atoms with Gasteiger partial charge in [-0.15, -0.1) is 0 Å². The van der Waals surface area contributed by atoms with Gasteiger partial charge in [-0.2, -0.15) is 5.10 Å². The quantitative estimate of drug-likeness (QED) is 0.393. The number of hydrogen-bond acceptors (Lipinski definition) is 5. The van der Waals surface area contributed by atoms with Crippen LogP contribution in [0.1, 0.15) is 5.76 Å². The molecule has 1 rings (SSSR count). The first-order valence-electron chi connectivity index (χ1n) is 3.31. The van der Waals surface area contributed by atoms with Crippen molar-refractivity contribution in [3.8, 4) is 0 Å². The van der Waals surface area contributed by atoms with E-state index in [0.29, 0.717) is 5.76 Å². The Kier molecular flexibility index (Phi) is 2.87. The second-order valence-corrected chi connectivity index (χ2v) is 2.05. The minimum atomic E-state index is -0.761. The molecule has 1 aromatic heterocycles. The van der Waals surface area contributed by atoms with Gasteiger partial charge in [0.25, 0.3) is 0 Å². The number of anilines is 1. The standard InChI is InChI=1S/C6H8N4O3/c7-6(11)9-8-3-4-1-2-5(10-12)13-4/h1-3,10,12H,(H3,7,9,11)/b8-3+. The van der Waals surface area contributed by atoms with Crippen LogP contribution in [0.5, 0.6) is 0 Å².